The van der Waals surface area contributed by atoms with Crippen molar-refractivity contribution in [1.29, 1.82) is 0 Å². The Morgan fingerprint density at radius 1 is 1.04 bits per heavy atom. The van der Waals surface area contributed by atoms with Crippen LogP contribution in [0.15, 0.2) is 0 Å². The van der Waals surface area contributed by atoms with Gasteiger partial charge in [0.15, 0.2) is 0 Å². The molecule has 23 heavy (non-hydrogen) atoms. The molecule has 0 N–H and O–H groups in total. The summed E-state index contributed by atoms with van der Waals surface area (Å²) < 4.78 is 9.76. The first-order valence-corrected chi connectivity index (χ1v) is 9.25. The monoisotopic (exact) mass is 358 g/mol. The molecule has 0 radical (unpaired) electrons. The molecule has 5 nitrogen and oxygen atoms in total. The maximum atomic E-state index is 11.9. The molecule has 0 saturated carbocycles. The van der Waals surface area contributed by atoms with Crippen LogP contribution in [0.3, 0.4) is 0 Å². The van der Waals surface area contributed by atoms with Crippen molar-refractivity contribution < 1.29 is 53.7 Å². The van der Waals surface area contributed by atoms with Gasteiger partial charge < -0.3 is 9.99 Å². The van der Waals surface area contributed by atoms with Crippen LogP contribution in [0.1, 0.15) is 78.6 Å². The number of esters is 1. The molecule has 0 aliphatic rings. The molecule has 0 bridgehead atoms. The van der Waals surface area contributed by atoms with Gasteiger partial charge in [-0.2, -0.15) is 4.33 Å². The van der Waals surface area contributed by atoms with Crippen LogP contribution in [0.2, 0.25) is 0 Å². The van der Waals surface area contributed by atoms with Gasteiger partial charge in [0.25, 0.3) is 0 Å². The average molecular weight is 358 g/mol. The Morgan fingerprint density at radius 2 is 1.65 bits per heavy atom. The number of ether oxygens (including phenoxy) is 1. The van der Waals surface area contributed by atoms with Crippen molar-refractivity contribution in [2.24, 2.45) is 5.92 Å². The minimum absolute atomic E-state index is 0. The fourth-order valence-electron chi connectivity index (χ4n) is 2.33. The molecule has 0 amide bonds. The third kappa shape index (κ3) is 15.9. The maximum absolute atomic E-state index is 11.9. The molecule has 0 heterocycles. The number of unbranched alkanes of at least 4 members (excludes halogenated alkanes) is 2. The molecular weight excluding hydrogens is 327 g/mol. The number of hydrogen-bond acceptors (Lipinski definition) is 6. The summed E-state index contributed by atoms with van der Waals surface area (Å²) in [6, 6.07) is 0. The summed E-state index contributed by atoms with van der Waals surface area (Å²) in [5.41, 5.74) is 0. The van der Waals surface area contributed by atoms with E-state index in [4.69, 9.17) is 4.74 Å². The van der Waals surface area contributed by atoms with E-state index >= 15 is 0 Å². The van der Waals surface area contributed by atoms with Gasteiger partial charge in [0.05, 0.1) is 13.0 Å². The van der Waals surface area contributed by atoms with Crippen LogP contribution in [0, 0.1) is 5.92 Å². The van der Waals surface area contributed by atoms with Gasteiger partial charge in [-0.1, -0.05) is 52.9 Å². The van der Waals surface area contributed by atoms with Gasteiger partial charge >= 0.3 is 35.5 Å². The van der Waals surface area contributed by atoms with E-state index in [1.54, 1.807) is 0 Å². The van der Waals surface area contributed by atoms with Crippen molar-refractivity contribution in [3.8, 4) is 0 Å². The second-order valence-corrected chi connectivity index (χ2v) is 6.68. The van der Waals surface area contributed by atoms with Crippen LogP contribution >= 0.6 is 12.0 Å². The van der Waals surface area contributed by atoms with Crippen LogP contribution in [0.25, 0.3) is 0 Å². The van der Waals surface area contributed by atoms with Crippen LogP contribution in [-0.4, -0.2) is 17.8 Å². The van der Waals surface area contributed by atoms with Crippen LogP contribution < -0.4 is 34.8 Å². The molecule has 0 aliphatic carbocycles. The Hall–Kier alpha value is 0.700. The first-order chi connectivity index (χ1) is 10.7. The first-order valence-electron chi connectivity index (χ1n) is 8.45. The first kappa shape index (κ1) is 25.9. The largest absolute Gasteiger partial charge is 1.00 e. The molecule has 0 saturated heterocycles. The summed E-state index contributed by atoms with van der Waals surface area (Å²) in [4.78, 5) is 11.9. The Bertz CT molecular complexity index is 261. The van der Waals surface area contributed by atoms with E-state index < -0.39 is 0 Å². The summed E-state index contributed by atoms with van der Waals surface area (Å²) in [5, 5.41) is 13.1. The smallest absolute Gasteiger partial charge is 0.691 e. The van der Waals surface area contributed by atoms with Crippen LogP contribution in [0.4, 0.5) is 0 Å². The van der Waals surface area contributed by atoms with Crippen molar-refractivity contribution >= 4 is 18.0 Å². The van der Waals surface area contributed by atoms with E-state index in [0.29, 0.717) is 12.5 Å². The Morgan fingerprint density at radius 3 is 2.13 bits per heavy atom. The Labute approximate surface area is 167 Å². The minimum Gasteiger partial charge on any atom is -0.691 e. The van der Waals surface area contributed by atoms with E-state index in [0.717, 1.165) is 50.6 Å². The molecule has 132 valence electrons. The molecule has 0 aromatic heterocycles. The second-order valence-electron chi connectivity index (χ2n) is 5.68. The molecular formula is C16H31NaO5S. The van der Waals surface area contributed by atoms with Gasteiger partial charge in [-0.05, 0) is 25.2 Å². The van der Waals surface area contributed by atoms with Gasteiger partial charge in [-0.3, -0.25) is 9.83 Å². The zero-order valence-electron chi connectivity index (χ0n) is 15.2. The van der Waals surface area contributed by atoms with Crippen LogP contribution in [-0.2, 0) is 18.9 Å². The van der Waals surface area contributed by atoms with Crippen molar-refractivity contribution in [3.05, 3.63) is 0 Å². The van der Waals surface area contributed by atoms with E-state index in [9.17, 15) is 10.1 Å². The summed E-state index contributed by atoms with van der Waals surface area (Å²) >= 11 is 0.901. The average Bonchev–Trinajstić information content (AvgIpc) is 2.52. The van der Waals surface area contributed by atoms with Gasteiger partial charge in [0.2, 0.25) is 0 Å². The molecule has 0 spiro atoms. The predicted octanol–water partition coefficient (Wildman–Crippen LogP) is 0.961. The number of carbonyl (C=O) groups is 1. The van der Waals surface area contributed by atoms with E-state index in [1.807, 2.05) is 6.92 Å². The molecule has 0 fully saturated rings. The van der Waals surface area contributed by atoms with E-state index in [2.05, 4.69) is 23.2 Å². The topological polar surface area (TPSA) is 67.8 Å². The van der Waals surface area contributed by atoms with Gasteiger partial charge in [-0.25, -0.2) is 0 Å². The summed E-state index contributed by atoms with van der Waals surface area (Å²) in [5.74, 6) is 0.237. The molecule has 7 heteroatoms. The summed E-state index contributed by atoms with van der Waals surface area (Å²) in [7, 11) is 0. The SMILES string of the molecule is CCCCC(CCCC)COC(=O)CC(CCC)SOO[O-].[Na+]. The minimum atomic E-state index is -0.224. The molecule has 0 aromatic rings. The standard InChI is InChI=1S/C16H32O5S.Na/c1-4-7-10-14(11-8-5-2)13-19-16(17)12-15(9-6-3)22-21-20-18;/h14-15,18H,4-13H2,1-3H3;/q;+1/p-1. The van der Waals surface area contributed by atoms with Crippen LogP contribution in [0.5, 0.6) is 0 Å². The normalized spacial score (nSPS) is 12.0. The zero-order chi connectivity index (χ0) is 16.6. The van der Waals surface area contributed by atoms with Crippen molar-refractivity contribution in [2.45, 2.75) is 83.8 Å². The summed E-state index contributed by atoms with van der Waals surface area (Å²) in [6.07, 6.45) is 8.84. The van der Waals surface area contributed by atoms with Crippen molar-refractivity contribution in [2.75, 3.05) is 6.61 Å². The molecule has 0 aliphatic heterocycles. The number of hydrogen-bond donors (Lipinski definition) is 0. The molecule has 1 atom stereocenters. The number of rotatable bonds is 15. The van der Waals surface area contributed by atoms with Gasteiger partial charge in [-0.15, -0.1) is 0 Å². The third-order valence-corrected chi connectivity index (χ3v) is 4.43. The predicted molar refractivity (Wildman–Crippen MR) is 86.6 cm³/mol. The second kappa shape index (κ2) is 19.0. The Kier molecular flexibility index (Phi) is 21.5. The Balaban J connectivity index is 0. The maximum Gasteiger partial charge on any atom is 1.00 e. The van der Waals surface area contributed by atoms with E-state index in [-0.39, 0.29) is 47.2 Å². The number of carbonyl (C=O) groups excluding carboxylic acids is 1. The molecule has 0 aromatic carbocycles. The fourth-order valence-corrected chi connectivity index (χ4v) is 3.01. The van der Waals surface area contributed by atoms with Gasteiger partial charge in [0.1, 0.15) is 0 Å². The van der Waals surface area contributed by atoms with Crippen molar-refractivity contribution in [3.63, 3.8) is 0 Å². The quantitative estimate of drug-likeness (QED) is 0.143. The van der Waals surface area contributed by atoms with Crippen molar-refractivity contribution in [1.82, 2.24) is 0 Å². The summed E-state index contributed by atoms with van der Waals surface area (Å²) in [6.45, 7) is 6.87. The molecule has 0 rings (SSSR count). The molecule has 1 unspecified atom stereocenters. The van der Waals surface area contributed by atoms with E-state index in [1.165, 1.54) is 12.8 Å². The third-order valence-electron chi connectivity index (χ3n) is 3.62. The zero-order valence-corrected chi connectivity index (χ0v) is 18.0. The fraction of sp³-hybridized carbons (Fsp3) is 0.938. The van der Waals surface area contributed by atoms with Gasteiger partial charge in [0, 0.05) is 17.3 Å².